The Balaban J connectivity index is 1.98. The molecule has 0 radical (unpaired) electrons. The number of likely N-dealkylation sites (tertiary alicyclic amines) is 1. The van der Waals surface area contributed by atoms with E-state index < -0.39 is 21.2 Å². The molecule has 3 rings (SSSR count). The predicted octanol–water partition coefficient (Wildman–Crippen LogP) is 3.69. The quantitative estimate of drug-likeness (QED) is 0.612. The maximum absolute atomic E-state index is 13.1. The molecule has 0 aromatic heterocycles. The molecule has 1 saturated carbocycles. The highest BCUT2D eigenvalue weighted by Crippen LogP contribution is 2.39. The van der Waals surface area contributed by atoms with E-state index in [1.54, 1.807) is 0 Å². The minimum atomic E-state index is -0.702. The summed E-state index contributed by atoms with van der Waals surface area (Å²) in [5.41, 5.74) is -0.830. The molecule has 1 aliphatic heterocycles. The average Bonchev–Trinajstić information content (AvgIpc) is 2.60. The molecule has 134 valence electrons. The summed E-state index contributed by atoms with van der Waals surface area (Å²) in [5.74, 6) is 0.124. The molecule has 8 heteroatoms. The second-order valence-electron chi connectivity index (χ2n) is 7.00. The Labute approximate surface area is 145 Å². The van der Waals surface area contributed by atoms with Gasteiger partial charge < -0.3 is 4.90 Å². The Kier molecular flexibility index (Phi) is 4.69. The zero-order valence-corrected chi connectivity index (χ0v) is 14.1. The molecule has 0 unspecified atom stereocenters. The molecule has 3 atom stereocenters. The molecule has 1 aromatic rings. The van der Waals surface area contributed by atoms with Crippen LogP contribution in [0.1, 0.15) is 55.8 Å². The number of nitro benzene ring substituents is 2. The molecule has 25 heavy (non-hydrogen) atoms. The number of fused-ring (bicyclic) bond motifs is 1. The van der Waals surface area contributed by atoms with Gasteiger partial charge in [0.15, 0.2) is 0 Å². The Hall–Kier alpha value is -2.51. The van der Waals surface area contributed by atoms with Crippen molar-refractivity contribution in [2.45, 2.75) is 57.5 Å². The summed E-state index contributed by atoms with van der Waals surface area (Å²) < 4.78 is 0. The largest absolute Gasteiger partial charge is 0.333 e. The molecular weight excluding hydrogens is 326 g/mol. The van der Waals surface area contributed by atoms with Crippen LogP contribution < -0.4 is 0 Å². The molecule has 1 aliphatic carbocycles. The second-order valence-corrected chi connectivity index (χ2v) is 7.00. The van der Waals surface area contributed by atoms with Gasteiger partial charge >= 0.3 is 0 Å². The van der Waals surface area contributed by atoms with Crippen LogP contribution in [-0.4, -0.2) is 32.7 Å². The van der Waals surface area contributed by atoms with Gasteiger partial charge in [-0.1, -0.05) is 12.8 Å². The van der Waals surface area contributed by atoms with E-state index in [2.05, 4.69) is 0 Å². The van der Waals surface area contributed by atoms with Crippen molar-refractivity contribution in [3.05, 3.63) is 44.0 Å². The summed E-state index contributed by atoms with van der Waals surface area (Å²) in [7, 11) is 0. The van der Waals surface area contributed by atoms with E-state index >= 15 is 0 Å². The van der Waals surface area contributed by atoms with Gasteiger partial charge in [0.05, 0.1) is 21.5 Å². The SMILES string of the molecule is C[C@@H]1CC[C@@H]2CCCC[C@@H]2N1C(=O)c1cc([N+](=O)[O-])cc([N+](=O)[O-])c1. The van der Waals surface area contributed by atoms with E-state index in [1.807, 2.05) is 11.8 Å². The van der Waals surface area contributed by atoms with Crippen LogP contribution in [0.5, 0.6) is 0 Å². The van der Waals surface area contributed by atoms with Crippen LogP contribution in [-0.2, 0) is 0 Å². The third-order valence-electron chi connectivity index (χ3n) is 5.46. The Morgan fingerprint density at radius 3 is 2.20 bits per heavy atom. The highest BCUT2D eigenvalue weighted by molar-refractivity contribution is 5.96. The first kappa shape index (κ1) is 17.3. The van der Waals surface area contributed by atoms with Crippen molar-refractivity contribution in [2.75, 3.05) is 0 Å². The topological polar surface area (TPSA) is 107 Å². The first-order valence-electron chi connectivity index (χ1n) is 8.65. The monoisotopic (exact) mass is 347 g/mol. The number of carbonyl (C=O) groups excluding carboxylic acids is 1. The average molecular weight is 347 g/mol. The van der Waals surface area contributed by atoms with Crippen LogP contribution in [0.3, 0.4) is 0 Å². The minimum absolute atomic E-state index is 0.0268. The van der Waals surface area contributed by atoms with Crippen LogP contribution in [0.2, 0.25) is 0 Å². The number of rotatable bonds is 3. The number of non-ortho nitro benzene ring substituents is 2. The lowest BCUT2D eigenvalue weighted by atomic mass is 9.76. The molecule has 0 N–H and O–H groups in total. The number of hydrogen-bond donors (Lipinski definition) is 0. The van der Waals surface area contributed by atoms with Crippen LogP contribution in [0, 0.1) is 26.1 Å². The molecular formula is C17H21N3O5. The number of hydrogen-bond acceptors (Lipinski definition) is 5. The second kappa shape index (κ2) is 6.78. The van der Waals surface area contributed by atoms with Crippen molar-refractivity contribution in [2.24, 2.45) is 5.92 Å². The van der Waals surface area contributed by atoms with E-state index in [0.29, 0.717) is 5.92 Å². The summed E-state index contributed by atoms with van der Waals surface area (Å²) in [6.45, 7) is 1.98. The zero-order chi connectivity index (χ0) is 18.1. The Bertz CT molecular complexity index is 688. The van der Waals surface area contributed by atoms with Gasteiger partial charge in [0, 0.05) is 24.2 Å². The van der Waals surface area contributed by atoms with Gasteiger partial charge in [-0.3, -0.25) is 25.0 Å². The lowest BCUT2D eigenvalue weighted by Gasteiger charge is -2.47. The fraction of sp³-hybridized carbons (Fsp3) is 0.588. The van der Waals surface area contributed by atoms with Crippen LogP contribution in [0.15, 0.2) is 18.2 Å². The van der Waals surface area contributed by atoms with Crippen molar-refractivity contribution in [1.82, 2.24) is 4.90 Å². The minimum Gasteiger partial charge on any atom is -0.333 e. The van der Waals surface area contributed by atoms with Crippen LogP contribution in [0.4, 0.5) is 11.4 Å². The fourth-order valence-corrected chi connectivity index (χ4v) is 4.24. The summed E-state index contributed by atoms with van der Waals surface area (Å²) in [6, 6.07) is 3.34. The highest BCUT2D eigenvalue weighted by Gasteiger charge is 2.40. The van der Waals surface area contributed by atoms with Crippen molar-refractivity contribution in [1.29, 1.82) is 0 Å². The third-order valence-corrected chi connectivity index (χ3v) is 5.46. The molecule has 2 aliphatic rings. The van der Waals surface area contributed by atoms with E-state index in [1.165, 1.54) is 6.42 Å². The van der Waals surface area contributed by atoms with Gasteiger partial charge in [0.2, 0.25) is 0 Å². The van der Waals surface area contributed by atoms with Crippen molar-refractivity contribution < 1.29 is 14.6 Å². The lowest BCUT2D eigenvalue weighted by molar-refractivity contribution is -0.394. The Morgan fingerprint density at radius 1 is 1.00 bits per heavy atom. The zero-order valence-electron chi connectivity index (χ0n) is 14.1. The van der Waals surface area contributed by atoms with E-state index in [4.69, 9.17) is 0 Å². The number of amides is 1. The highest BCUT2D eigenvalue weighted by atomic mass is 16.6. The van der Waals surface area contributed by atoms with Gasteiger partial charge in [-0.2, -0.15) is 0 Å². The lowest BCUT2D eigenvalue weighted by Crippen LogP contribution is -2.53. The number of nitro groups is 2. The number of piperidine rings is 1. The molecule has 2 fully saturated rings. The smallest absolute Gasteiger partial charge is 0.277 e. The molecule has 8 nitrogen and oxygen atoms in total. The number of nitrogens with zero attached hydrogens (tertiary/aromatic N) is 3. The van der Waals surface area contributed by atoms with E-state index in [9.17, 15) is 25.0 Å². The van der Waals surface area contributed by atoms with Crippen LogP contribution in [0.25, 0.3) is 0 Å². The van der Waals surface area contributed by atoms with Gasteiger partial charge in [-0.15, -0.1) is 0 Å². The standard InChI is InChI=1S/C17H21N3O5/c1-11-6-7-12-4-2-3-5-16(12)18(11)17(21)13-8-14(19(22)23)10-15(9-13)20(24)25/h8-12,16H,2-7H2,1H3/t11-,12+,16+/m1/s1. The van der Waals surface area contributed by atoms with E-state index in [0.717, 1.165) is 50.3 Å². The van der Waals surface area contributed by atoms with Crippen LogP contribution >= 0.6 is 0 Å². The van der Waals surface area contributed by atoms with E-state index in [-0.39, 0.29) is 23.6 Å². The summed E-state index contributed by atoms with van der Waals surface area (Å²) in [5, 5.41) is 22.2. The molecule has 1 heterocycles. The van der Waals surface area contributed by atoms with Gasteiger partial charge in [0.25, 0.3) is 17.3 Å². The normalized spacial score (nSPS) is 26.0. The van der Waals surface area contributed by atoms with Gasteiger partial charge in [-0.05, 0) is 38.5 Å². The van der Waals surface area contributed by atoms with Crippen molar-refractivity contribution in [3.8, 4) is 0 Å². The molecule has 1 amide bonds. The molecule has 0 bridgehead atoms. The number of benzene rings is 1. The third kappa shape index (κ3) is 3.33. The van der Waals surface area contributed by atoms with Gasteiger partial charge in [-0.25, -0.2) is 0 Å². The summed E-state index contributed by atoms with van der Waals surface area (Å²) in [6.07, 6.45) is 6.23. The predicted molar refractivity (Wildman–Crippen MR) is 90.4 cm³/mol. The molecule has 1 saturated heterocycles. The van der Waals surface area contributed by atoms with Gasteiger partial charge in [0.1, 0.15) is 0 Å². The summed E-state index contributed by atoms with van der Waals surface area (Å²) >= 11 is 0. The van der Waals surface area contributed by atoms with Crippen molar-refractivity contribution in [3.63, 3.8) is 0 Å². The first-order valence-corrected chi connectivity index (χ1v) is 8.65. The summed E-state index contributed by atoms with van der Waals surface area (Å²) in [4.78, 5) is 35.7. The molecule has 0 spiro atoms. The fourth-order valence-electron chi connectivity index (χ4n) is 4.24. The maximum atomic E-state index is 13.1. The number of carbonyl (C=O) groups is 1. The first-order chi connectivity index (χ1) is 11.9. The van der Waals surface area contributed by atoms with Crippen molar-refractivity contribution >= 4 is 17.3 Å². The maximum Gasteiger partial charge on any atom is 0.277 e. The molecule has 1 aromatic carbocycles. The Morgan fingerprint density at radius 2 is 1.60 bits per heavy atom.